The van der Waals surface area contributed by atoms with Gasteiger partial charge in [0.2, 0.25) is 0 Å². The van der Waals surface area contributed by atoms with Gasteiger partial charge in [-0.05, 0) is 115 Å². The molecular formula is C46H66N4O6. The van der Waals surface area contributed by atoms with E-state index >= 15 is 0 Å². The van der Waals surface area contributed by atoms with Crippen LogP contribution in [0.4, 0.5) is 0 Å². The normalized spacial score (nSPS) is 40.3. The number of carbonyl (C=O) groups excluding carboxylic acids is 2. The van der Waals surface area contributed by atoms with E-state index in [0.717, 1.165) is 68.2 Å². The van der Waals surface area contributed by atoms with Gasteiger partial charge in [-0.2, -0.15) is 5.10 Å². The molecular weight excluding hydrogens is 705 g/mol. The molecule has 0 saturated heterocycles. The molecule has 56 heavy (non-hydrogen) atoms. The van der Waals surface area contributed by atoms with Gasteiger partial charge in [-0.15, -0.1) is 0 Å². The van der Waals surface area contributed by atoms with E-state index in [4.69, 9.17) is 4.74 Å². The quantitative estimate of drug-likeness (QED) is 0.218. The lowest BCUT2D eigenvalue weighted by Crippen LogP contribution is -2.66. The first kappa shape index (κ1) is 39.7. The summed E-state index contributed by atoms with van der Waals surface area (Å²) in [5.41, 5.74) is 2.78. The standard InChI is InChI=1S/C46H66N4O6/c1-26(2)36-31(51)22-46(34(52)25-47-23-27-24-49-50-20-10-19-48-38(27)50)18-17-44(8)28(37(36)46)11-12-33-43(7)15-14-35(42(5,6)32(43)13-16-45(33,44)9)56-40(55)30-21-29(39(53)54)41(30,3)4/h10,19-20,24,26,28-30,32-35,47,52H,11-18,21-23,25H2,1-9H3,(H,53,54)/t28-,29+,30-,32+,33-,34+,35+,43+,44-,45-,46+/m1/s1. The fourth-order valence-corrected chi connectivity index (χ4v) is 14.8. The fraction of sp³-hybridized carbons (Fsp3) is 0.761. The monoisotopic (exact) mass is 770 g/mol. The molecule has 0 radical (unpaired) electrons. The Kier molecular flexibility index (Phi) is 9.36. The van der Waals surface area contributed by atoms with Gasteiger partial charge < -0.3 is 20.3 Å². The third kappa shape index (κ3) is 5.42. The lowest BCUT2D eigenvalue weighted by Gasteiger charge is -2.72. The fourth-order valence-electron chi connectivity index (χ4n) is 14.8. The minimum absolute atomic E-state index is 0.0205. The molecule has 306 valence electrons. The van der Waals surface area contributed by atoms with Crippen molar-refractivity contribution < 1.29 is 29.3 Å². The molecule has 2 aromatic rings. The van der Waals surface area contributed by atoms with Crippen LogP contribution in [-0.2, 0) is 25.7 Å². The summed E-state index contributed by atoms with van der Waals surface area (Å²) in [6.07, 6.45) is 13.2. The maximum Gasteiger partial charge on any atom is 0.309 e. The number of aliphatic hydroxyl groups excluding tert-OH is 1. The second-order valence-corrected chi connectivity index (χ2v) is 21.3. The lowest BCUT2D eigenvalue weighted by atomic mass is 9.33. The van der Waals surface area contributed by atoms with Crippen LogP contribution in [-0.4, -0.2) is 61.3 Å². The number of hydrogen-bond donors (Lipinski definition) is 3. The molecule has 11 atom stereocenters. The van der Waals surface area contributed by atoms with Crippen LogP contribution >= 0.6 is 0 Å². The average molecular weight is 771 g/mol. The first-order chi connectivity index (χ1) is 26.2. The van der Waals surface area contributed by atoms with E-state index in [1.807, 2.05) is 32.3 Å². The van der Waals surface area contributed by atoms with Crippen molar-refractivity contribution in [2.24, 2.45) is 68.0 Å². The summed E-state index contributed by atoms with van der Waals surface area (Å²) in [7, 11) is 0. The summed E-state index contributed by atoms with van der Waals surface area (Å²) in [4.78, 5) is 44.0. The van der Waals surface area contributed by atoms with E-state index in [9.17, 15) is 24.6 Å². The molecule has 5 saturated carbocycles. The van der Waals surface area contributed by atoms with Crippen molar-refractivity contribution in [3.63, 3.8) is 0 Å². The number of aliphatic hydroxyl groups is 1. The molecule has 2 aromatic heterocycles. The average Bonchev–Trinajstić information content (AvgIpc) is 3.67. The van der Waals surface area contributed by atoms with Crippen molar-refractivity contribution >= 4 is 23.4 Å². The minimum atomic E-state index is -0.830. The van der Waals surface area contributed by atoms with Crippen LogP contribution in [0.25, 0.3) is 5.65 Å². The maximum absolute atomic E-state index is 14.1. The van der Waals surface area contributed by atoms with Gasteiger partial charge in [-0.1, -0.05) is 67.9 Å². The molecule has 2 heterocycles. The zero-order chi connectivity index (χ0) is 40.4. The van der Waals surface area contributed by atoms with E-state index in [2.05, 4.69) is 63.9 Å². The molecule has 0 unspecified atom stereocenters. The largest absolute Gasteiger partial charge is 0.481 e. The molecule has 8 rings (SSSR count). The van der Waals surface area contributed by atoms with Gasteiger partial charge >= 0.3 is 11.9 Å². The highest BCUT2D eigenvalue weighted by atomic mass is 16.5. The molecule has 5 fully saturated rings. The van der Waals surface area contributed by atoms with Gasteiger partial charge in [0.1, 0.15) is 6.10 Å². The summed E-state index contributed by atoms with van der Waals surface area (Å²) in [5, 5.41) is 29.9. The predicted molar refractivity (Wildman–Crippen MR) is 213 cm³/mol. The smallest absolute Gasteiger partial charge is 0.309 e. The molecule has 0 bridgehead atoms. The molecule has 10 nitrogen and oxygen atoms in total. The van der Waals surface area contributed by atoms with Gasteiger partial charge in [-0.25, -0.2) is 9.50 Å². The number of ether oxygens (including phenoxy) is 1. The number of nitrogens with one attached hydrogen (secondary N) is 1. The molecule has 6 aliphatic rings. The highest BCUT2D eigenvalue weighted by molar-refractivity contribution is 6.00. The topological polar surface area (TPSA) is 143 Å². The van der Waals surface area contributed by atoms with E-state index < -0.39 is 28.8 Å². The number of aliphatic carboxylic acids is 1. The van der Waals surface area contributed by atoms with Gasteiger partial charge in [0, 0.05) is 48.3 Å². The van der Waals surface area contributed by atoms with Crippen LogP contribution in [0.3, 0.4) is 0 Å². The van der Waals surface area contributed by atoms with Crippen molar-refractivity contribution in [3.05, 3.63) is 41.4 Å². The Morgan fingerprint density at radius 1 is 0.946 bits per heavy atom. The number of Topliss-reactive ketones (excluding diaryl/α,β-unsaturated/α-hetero) is 1. The van der Waals surface area contributed by atoms with Crippen molar-refractivity contribution in [1.29, 1.82) is 0 Å². The molecule has 0 aliphatic heterocycles. The number of ketones is 1. The van der Waals surface area contributed by atoms with Gasteiger partial charge in [0.05, 0.1) is 24.1 Å². The third-order valence-corrected chi connectivity index (χ3v) is 18.2. The van der Waals surface area contributed by atoms with Crippen LogP contribution in [0.15, 0.2) is 35.8 Å². The van der Waals surface area contributed by atoms with E-state index in [0.29, 0.717) is 37.8 Å². The van der Waals surface area contributed by atoms with Crippen molar-refractivity contribution in [2.75, 3.05) is 6.54 Å². The number of rotatable bonds is 9. The highest BCUT2D eigenvalue weighted by Gasteiger charge is 2.71. The summed E-state index contributed by atoms with van der Waals surface area (Å²) >= 11 is 0. The zero-order valence-corrected chi connectivity index (χ0v) is 35.3. The Hall–Kier alpha value is -3.11. The summed E-state index contributed by atoms with van der Waals surface area (Å²) < 4.78 is 8.19. The number of allylic oxidation sites excluding steroid dienone is 1. The van der Waals surface area contributed by atoms with Crippen LogP contribution in [0.5, 0.6) is 0 Å². The molecule has 0 aromatic carbocycles. The predicted octanol–water partition coefficient (Wildman–Crippen LogP) is 7.82. The Bertz CT molecular complexity index is 1970. The second-order valence-electron chi connectivity index (χ2n) is 21.3. The minimum Gasteiger partial charge on any atom is -0.481 e. The van der Waals surface area contributed by atoms with Crippen molar-refractivity contribution in [3.8, 4) is 0 Å². The van der Waals surface area contributed by atoms with Crippen LogP contribution in [0.2, 0.25) is 0 Å². The van der Waals surface area contributed by atoms with Gasteiger partial charge in [-0.3, -0.25) is 14.4 Å². The summed E-state index contributed by atoms with van der Waals surface area (Å²) in [6.45, 7) is 21.3. The van der Waals surface area contributed by atoms with Gasteiger partial charge in [0.15, 0.2) is 11.4 Å². The number of carboxylic acids is 1. The number of nitrogens with zero attached hydrogens (tertiary/aromatic N) is 3. The first-order valence-corrected chi connectivity index (χ1v) is 21.6. The van der Waals surface area contributed by atoms with Gasteiger partial charge in [0.25, 0.3) is 0 Å². The van der Waals surface area contributed by atoms with Crippen molar-refractivity contribution in [2.45, 2.75) is 145 Å². The Morgan fingerprint density at radius 3 is 2.39 bits per heavy atom. The SMILES string of the molecule is CC(C)C1=C2[C@H]3CC[C@@H]4[C@@]5(C)CC[C@H](OC(=O)[C@H]6C[C@@H](C(=O)O)C6(C)C)C(C)(C)[C@@H]5CC[C@@]4(C)[C@]3(C)CC[C@@]2([C@@H](O)CNCc2cnn3cccnc23)CC1=O. The van der Waals surface area contributed by atoms with Crippen LogP contribution < -0.4 is 5.32 Å². The second kappa shape index (κ2) is 13.2. The Morgan fingerprint density at radius 2 is 1.70 bits per heavy atom. The molecule has 0 amide bonds. The highest BCUT2D eigenvalue weighted by Crippen LogP contribution is 2.77. The van der Waals surface area contributed by atoms with E-state index in [1.54, 1.807) is 10.7 Å². The van der Waals surface area contributed by atoms with Crippen LogP contribution in [0.1, 0.15) is 132 Å². The summed E-state index contributed by atoms with van der Waals surface area (Å²) in [6, 6.07) is 1.86. The summed E-state index contributed by atoms with van der Waals surface area (Å²) in [5.74, 6) is -0.497. The number of esters is 1. The molecule has 10 heteroatoms. The zero-order valence-electron chi connectivity index (χ0n) is 35.3. The number of fused-ring (bicyclic) bond motifs is 8. The first-order valence-electron chi connectivity index (χ1n) is 21.6. The molecule has 6 aliphatic carbocycles. The number of hydrogen-bond acceptors (Lipinski definition) is 8. The third-order valence-electron chi connectivity index (χ3n) is 18.2. The van der Waals surface area contributed by atoms with E-state index in [-0.39, 0.29) is 57.3 Å². The lowest BCUT2D eigenvalue weighted by molar-refractivity contribution is -0.238. The molecule has 0 spiro atoms. The van der Waals surface area contributed by atoms with E-state index in [1.165, 1.54) is 5.57 Å². The van der Waals surface area contributed by atoms with Crippen LogP contribution in [0, 0.1) is 68.0 Å². The van der Waals surface area contributed by atoms with Crippen molar-refractivity contribution in [1.82, 2.24) is 19.9 Å². The number of carboxylic acid groups (broad SMARTS) is 1. The Balaban J connectivity index is 1.03. The maximum atomic E-state index is 14.1. The Labute approximate surface area is 333 Å². The number of carbonyl (C=O) groups is 3. The molecule has 3 N–H and O–H groups in total. The number of aromatic nitrogens is 3.